The van der Waals surface area contributed by atoms with Gasteiger partial charge in [-0.1, -0.05) is 56.3 Å². The molecule has 0 N–H and O–H groups in total. The second-order valence-corrected chi connectivity index (χ2v) is 5.33. The lowest BCUT2D eigenvalue weighted by atomic mass is 10.0. The summed E-state index contributed by atoms with van der Waals surface area (Å²) < 4.78 is 5.55. The molecule has 0 saturated heterocycles. The van der Waals surface area contributed by atoms with Crippen LogP contribution in [0.1, 0.15) is 36.5 Å². The van der Waals surface area contributed by atoms with Crippen molar-refractivity contribution >= 4 is 5.97 Å². The topological polar surface area (TPSA) is 26.3 Å². The smallest absolute Gasteiger partial charge is 0.315 e. The van der Waals surface area contributed by atoms with E-state index in [2.05, 4.69) is 13.8 Å². The predicted molar refractivity (Wildman–Crippen MR) is 81.0 cm³/mol. The van der Waals surface area contributed by atoms with Crippen LogP contribution in [0.15, 0.2) is 48.5 Å². The Kier molecular flexibility index (Phi) is 4.57. The van der Waals surface area contributed by atoms with Crippen molar-refractivity contribution in [1.29, 1.82) is 0 Å². The van der Waals surface area contributed by atoms with E-state index in [1.54, 1.807) is 0 Å². The Balaban J connectivity index is 2.13. The lowest BCUT2D eigenvalue weighted by molar-refractivity contribution is -0.133. The van der Waals surface area contributed by atoms with Crippen LogP contribution in [-0.4, -0.2) is 5.97 Å². The number of ether oxygens (including phenoxy) is 1. The molecule has 0 aliphatic carbocycles. The summed E-state index contributed by atoms with van der Waals surface area (Å²) in [5.41, 5.74) is 3.13. The van der Waals surface area contributed by atoms with Gasteiger partial charge in [-0.15, -0.1) is 0 Å². The predicted octanol–water partition coefficient (Wildman–Crippen LogP) is 4.27. The van der Waals surface area contributed by atoms with Crippen molar-refractivity contribution in [1.82, 2.24) is 0 Å². The van der Waals surface area contributed by atoms with Crippen molar-refractivity contribution in [2.24, 2.45) is 0 Å². The van der Waals surface area contributed by atoms with Crippen molar-refractivity contribution in [2.75, 3.05) is 0 Å². The van der Waals surface area contributed by atoms with Gasteiger partial charge in [0.1, 0.15) is 5.75 Å². The zero-order valence-electron chi connectivity index (χ0n) is 12.2. The third-order valence-electron chi connectivity index (χ3n) is 3.21. The van der Waals surface area contributed by atoms with Gasteiger partial charge >= 0.3 is 5.97 Å². The molecule has 0 amide bonds. The molecule has 0 fully saturated rings. The standard InChI is InChI=1S/C18H20O2/c1-13(2)16-10-9-14(3)11-17(16)20-18(19)12-15-7-5-4-6-8-15/h4-11,13H,12H2,1-3H3. The summed E-state index contributed by atoms with van der Waals surface area (Å²) in [6.45, 7) is 6.19. The summed E-state index contributed by atoms with van der Waals surface area (Å²) in [5.74, 6) is 0.791. The molecular weight excluding hydrogens is 248 g/mol. The largest absolute Gasteiger partial charge is 0.426 e. The van der Waals surface area contributed by atoms with E-state index in [-0.39, 0.29) is 5.97 Å². The first-order valence-corrected chi connectivity index (χ1v) is 6.91. The van der Waals surface area contributed by atoms with Crippen molar-refractivity contribution in [3.8, 4) is 5.75 Å². The summed E-state index contributed by atoms with van der Waals surface area (Å²) >= 11 is 0. The Morgan fingerprint density at radius 3 is 2.45 bits per heavy atom. The zero-order chi connectivity index (χ0) is 14.5. The molecular formula is C18H20O2. The van der Waals surface area contributed by atoms with E-state index in [0.717, 1.165) is 16.7 Å². The van der Waals surface area contributed by atoms with E-state index >= 15 is 0 Å². The first-order chi connectivity index (χ1) is 9.56. The summed E-state index contributed by atoms with van der Waals surface area (Å²) in [6.07, 6.45) is 0.298. The Bertz CT molecular complexity index is 586. The molecule has 0 aliphatic rings. The first-order valence-electron chi connectivity index (χ1n) is 6.91. The van der Waals surface area contributed by atoms with Crippen molar-refractivity contribution in [3.63, 3.8) is 0 Å². The summed E-state index contributed by atoms with van der Waals surface area (Å²) in [4.78, 5) is 12.0. The van der Waals surface area contributed by atoms with E-state index in [1.807, 2.05) is 55.5 Å². The van der Waals surface area contributed by atoms with Gasteiger partial charge in [-0.3, -0.25) is 4.79 Å². The van der Waals surface area contributed by atoms with E-state index in [4.69, 9.17) is 4.74 Å². The van der Waals surface area contributed by atoms with Crippen LogP contribution < -0.4 is 4.74 Å². The molecule has 0 spiro atoms. The number of hydrogen-bond donors (Lipinski definition) is 0. The molecule has 2 heteroatoms. The molecule has 2 nitrogen and oxygen atoms in total. The summed E-state index contributed by atoms with van der Waals surface area (Å²) in [7, 11) is 0. The highest BCUT2D eigenvalue weighted by Gasteiger charge is 2.12. The van der Waals surface area contributed by atoms with Crippen LogP contribution in [-0.2, 0) is 11.2 Å². The highest BCUT2D eigenvalue weighted by molar-refractivity contribution is 5.75. The van der Waals surface area contributed by atoms with Gasteiger partial charge in [0.2, 0.25) is 0 Å². The quantitative estimate of drug-likeness (QED) is 0.611. The second kappa shape index (κ2) is 6.38. The van der Waals surface area contributed by atoms with Crippen molar-refractivity contribution in [3.05, 3.63) is 65.2 Å². The Morgan fingerprint density at radius 2 is 1.80 bits per heavy atom. The van der Waals surface area contributed by atoms with Gasteiger partial charge in [0.05, 0.1) is 6.42 Å². The zero-order valence-corrected chi connectivity index (χ0v) is 12.2. The maximum atomic E-state index is 12.0. The number of carbonyl (C=O) groups is 1. The van der Waals surface area contributed by atoms with E-state index in [1.165, 1.54) is 0 Å². The minimum absolute atomic E-state index is 0.219. The van der Waals surface area contributed by atoms with Crippen molar-refractivity contribution < 1.29 is 9.53 Å². The number of carbonyl (C=O) groups excluding carboxylic acids is 1. The van der Waals surface area contributed by atoms with Crippen LogP contribution in [0.3, 0.4) is 0 Å². The van der Waals surface area contributed by atoms with Crippen LogP contribution in [0, 0.1) is 6.92 Å². The SMILES string of the molecule is Cc1ccc(C(C)C)c(OC(=O)Cc2ccccc2)c1. The molecule has 2 rings (SSSR count). The lowest BCUT2D eigenvalue weighted by Gasteiger charge is -2.13. The van der Waals surface area contributed by atoms with Gasteiger partial charge in [-0.25, -0.2) is 0 Å². The fourth-order valence-corrected chi connectivity index (χ4v) is 2.13. The number of aryl methyl sites for hydroxylation is 1. The summed E-state index contributed by atoms with van der Waals surface area (Å²) in [6, 6.07) is 15.7. The molecule has 0 aliphatic heterocycles. The highest BCUT2D eigenvalue weighted by atomic mass is 16.5. The highest BCUT2D eigenvalue weighted by Crippen LogP contribution is 2.27. The average Bonchev–Trinajstić information content (AvgIpc) is 2.39. The first kappa shape index (κ1) is 14.3. The molecule has 0 aromatic heterocycles. The Labute approximate surface area is 120 Å². The number of esters is 1. The normalized spacial score (nSPS) is 10.6. The minimum atomic E-state index is -0.219. The maximum Gasteiger partial charge on any atom is 0.315 e. The average molecular weight is 268 g/mol. The van der Waals surface area contributed by atoms with Gasteiger partial charge in [0.15, 0.2) is 0 Å². The van der Waals surface area contributed by atoms with Gasteiger partial charge in [-0.05, 0) is 35.6 Å². The van der Waals surface area contributed by atoms with Gasteiger partial charge < -0.3 is 4.74 Å². The lowest BCUT2D eigenvalue weighted by Crippen LogP contribution is -2.12. The van der Waals surface area contributed by atoms with Crippen molar-refractivity contribution in [2.45, 2.75) is 33.1 Å². The molecule has 0 bridgehead atoms. The van der Waals surface area contributed by atoms with Gasteiger partial charge in [0.25, 0.3) is 0 Å². The third kappa shape index (κ3) is 3.70. The van der Waals surface area contributed by atoms with Gasteiger partial charge in [-0.2, -0.15) is 0 Å². The van der Waals surface area contributed by atoms with E-state index in [0.29, 0.717) is 18.1 Å². The van der Waals surface area contributed by atoms with E-state index < -0.39 is 0 Å². The molecule has 0 unspecified atom stereocenters. The number of rotatable bonds is 4. The second-order valence-electron chi connectivity index (χ2n) is 5.33. The Morgan fingerprint density at radius 1 is 1.10 bits per heavy atom. The molecule has 0 radical (unpaired) electrons. The van der Waals surface area contributed by atoms with Crippen LogP contribution in [0.5, 0.6) is 5.75 Å². The minimum Gasteiger partial charge on any atom is -0.426 e. The fourth-order valence-electron chi connectivity index (χ4n) is 2.13. The Hall–Kier alpha value is -2.09. The molecule has 104 valence electrons. The maximum absolute atomic E-state index is 12.0. The number of benzene rings is 2. The fraction of sp³-hybridized carbons (Fsp3) is 0.278. The van der Waals surface area contributed by atoms with Crippen LogP contribution >= 0.6 is 0 Å². The van der Waals surface area contributed by atoms with Crippen LogP contribution in [0.25, 0.3) is 0 Å². The molecule has 20 heavy (non-hydrogen) atoms. The molecule has 0 saturated carbocycles. The van der Waals surface area contributed by atoms with Crippen LogP contribution in [0.4, 0.5) is 0 Å². The molecule has 2 aromatic carbocycles. The number of hydrogen-bond acceptors (Lipinski definition) is 2. The van der Waals surface area contributed by atoms with E-state index in [9.17, 15) is 4.79 Å². The molecule has 2 aromatic rings. The third-order valence-corrected chi connectivity index (χ3v) is 3.21. The van der Waals surface area contributed by atoms with Gasteiger partial charge in [0, 0.05) is 0 Å². The molecule has 0 heterocycles. The molecule has 0 atom stereocenters. The van der Waals surface area contributed by atoms with Crippen LogP contribution in [0.2, 0.25) is 0 Å². The summed E-state index contributed by atoms with van der Waals surface area (Å²) in [5, 5.41) is 0. The monoisotopic (exact) mass is 268 g/mol.